The Morgan fingerprint density at radius 1 is 0.388 bits per heavy atom. The Balaban J connectivity index is 1.02. The first kappa shape index (κ1) is 36.9. The Morgan fingerprint density at radius 2 is 1.03 bits per heavy atom. The molecule has 0 saturated carbocycles. The van der Waals surface area contributed by atoms with E-state index < -0.39 is 5.41 Å². The maximum Gasteiger partial charge on any atom is 0.132 e. The molecule has 0 fully saturated rings. The van der Waals surface area contributed by atoms with Crippen LogP contribution in [0.5, 0.6) is 11.5 Å². The first-order valence-corrected chi connectivity index (χ1v) is 23.8. The molecule has 4 heteroatoms. The minimum Gasteiger partial charge on any atom is -0.457 e. The number of rotatable bonds is 4. The zero-order chi connectivity index (χ0) is 43.8. The molecule has 1 unspecified atom stereocenters. The summed E-state index contributed by atoms with van der Waals surface area (Å²) in [6.07, 6.45) is 0. The van der Waals surface area contributed by atoms with Crippen molar-refractivity contribution in [3.8, 4) is 28.3 Å². The lowest BCUT2D eigenvalue weighted by Crippen LogP contribution is -2.36. The molecular formula is C63H38N2OS. The van der Waals surface area contributed by atoms with Crippen molar-refractivity contribution in [1.82, 2.24) is 4.57 Å². The van der Waals surface area contributed by atoms with E-state index in [1.165, 1.54) is 80.3 Å². The summed E-state index contributed by atoms with van der Waals surface area (Å²) < 4.78 is 12.1. The molecule has 11 aromatic carbocycles. The summed E-state index contributed by atoms with van der Waals surface area (Å²) in [4.78, 5) is 2.47. The van der Waals surface area contributed by atoms with Crippen molar-refractivity contribution >= 4 is 91.9 Å². The van der Waals surface area contributed by atoms with Crippen LogP contribution in [0.25, 0.3) is 80.3 Å². The zero-order valence-corrected chi connectivity index (χ0v) is 37.0. The number of aromatic nitrogens is 1. The fourth-order valence-corrected chi connectivity index (χ4v) is 13.0. The second kappa shape index (κ2) is 13.8. The van der Waals surface area contributed by atoms with Crippen LogP contribution in [0.15, 0.2) is 231 Å². The van der Waals surface area contributed by atoms with Crippen LogP contribution in [0, 0.1) is 0 Å². The van der Waals surface area contributed by atoms with Crippen LogP contribution in [0.2, 0.25) is 0 Å². The van der Waals surface area contributed by atoms with Gasteiger partial charge in [0, 0.05) is 64.5 Å². The van der Waals surface area contributed by atoms with Gasteiger partial charge in [-0.3, -0.25) is 0 Å². The summed E-state index contributed by atoms with van der Waals surface area (Å²) in [6.45, 7) is 0. The van der Waals surface area contributed by atoms with E-state index in [1.54, 1.807) is 0 Å². The molecule has 1 aliphatic carbocycles. The van der Waals surface area contributed by atoms with Gasteiger partial charge in [0.05, 0.1) is 22.1 Å². The molecule has 3 nitrogen and oxygen atoms in total. The van der Waals surface area contributed by atoms with Gasteiger partial charge in [-0.05, 0) is 111 Å². The topological polar surface area (TPSA) is 17.4 Å². The molecule has 2 aromatic heterocycles. The third-order valence-electron chi connectivity index (χ3n) is 14.6. The predicted octanol–water partition coefficient (Wildman–Crippen LogP) is 17.4. The van der Waals surface area contributed by atoms with Crippen molar-refractivity contribution in [1.29, 1.82) is 0 Å². The molecule has 1 aliphatic heterocycles. The van der Waals surface area contributed by atoms with Crippen molar-refractivity contribution in [2.75, 3.05) is 4.90 Å². The Bertz CT molecular complexity index is 4220. The predicted molar refractivity (Wildman–Crippen MR) is 281 cm³/mol. The number of anilines is 3. The fourth-order valence-electron chi connectivity index (χ4n) is 11.9. The maximum absolute atomic E-state index is 7.01. The second-order valence-corrected chi connectivity index (χ2v) is 19.0. The van der Waals surface area contributed by atoms with E-state index in [1.807, 2.05) is 11.3 Å². The number of benzene rings is 11. The third-order valence-corrected chi connectivity index (χ3v) is 15.8. The van der Waals surface area contributed by atoms with Gasteiger partial charge in [0.15, 0.2) is 0 Å². The van der Waals surface area contributed by atoms with Gasteiger partial charge in [0.2, 0.25) is 0 Å². The van der Waals surface area contributed by atoms with E-state index in [0.29, 0.717) is 0 Å². The van der Waals surface area contributed by atoms with Gasteiger partial charge < -0.3 is 14.2 Å². The summed E-state index contributed by atoms with van der Waals surface area (Å²) >= 11 is 1.86. The average molecular weight is 871 g/mol. The molecule has 0 N–H and O–H groups in total. The summed E-state index contributed by atoms with van der Waals surface area (Å²) in [6, 6.07) is 85.2. The van der Waals surface area contributed by atoms with E-state index in [-0.39, 0.29) is 0 Å². The van der Waals surface area contributed by atoms with Gasteiger partial charge in [-0.1, -0.05) is 158 Å². The summed E-state index contributed by atoms with van der Waals surface area (Å²) in [5.41, 5.74) is 13.3. The quantitative estimate of drug-likeness (QED) is 0.175. The van der Waals surface area contributed by atoms with E-state index in [4.69, 9.17) is 4.74 Å². The number of ether oxygens (including phenoxy) is 1. The van der Waals surface area contributed by atoms with Crippen molar-refractivity contribution in [3.05, 3.63) is 253 Å². The van der Waals surface area contributed by atoms with Crippen molar-refractivity contribution in [2.24, 2.45) is 0 Å². The van der Waals surface area contributed by atoms with Crippen LogP contribution in [-0.2, 0) is 5.41 Å². The lowest BCUT2D eigenvalue weighted by molar-refractivity contribution is 0.435. The summed E-state index contributed by atoms with van der Waals surface area (Å²) in [5, 5.41) is 9.91. The second-order valence-electron chi connectivity index (χ2n) is 17.9. The molecule has 2 aliphatic rings. The standard InChI is InChI=1S/C63H38N2OS/c1-2-18-44-39(14-1)15-13-27-55(44)64(43-30-33-47-46-20-4-8-26-56(46)65(57(47)38-43)41-32-35-61-50(36-41)48-21-5-10-29-60(48)67-61)42-31-34-59-54(37-42)63(52-24-7-9-28-58(52)66-59)51-23-6-3-19-45(51)49-22-11-16-40-17-12-25-53(63)62(40)49/h1-38H. The van der Waals surface area contributed by atoms with Crippen molar-refractivity contribution in [3.63, 3.8) is 0 Å². The summed E-state index contributed by atoms with van der Waals surface area (Å²) in [5.74, 6) is 1.74. The molecule has 1 atom stereocenters. The van der Waals surface area contributed by atoms with Gasteiger partial charge in [-0.2, -0.15) is 0 Å². The Kier molecular flexibility index (Phi) is 7.58. The number of thiophene rings is 1. The van der Waals surface area contributed by atoms with Gasteiger partial charge in [-0.25, -0.2) is 0 Å². The molecule has 15 rings (SSSR count). The molecule has 0 radical (unpaired) electrons. The highest BCUT2D eigenvalue weighted by molar-refractivity contribution is 7.25. The molecule has 0 bridgehead atoms. The number of fused-ring (bicyclic) bond motifs is 15. The molecular weight excluding hydrogens is 833 g/mol. The van der Waals surface area contributed by atoms with Crippen LogP contribution < -0.4 is 9.64 Å². The minimum absolute atomic E-state index is 0.671. The molecule has 0 saturated heterocycles. The molecule has 13 aromatic rings. The molecule has 312 valence electrons. The van der Waals surface area contributed by atoms with Crippen LogP contribution in [0.3, 0.4) is 0 Å². The van der Waals surface area contributed by atoms with Crippen LogP contribution in [0.1, 0.15) is 22.3 Å². The van der Waals surface area contributed by atoms with Crippen molar-refractivity contribution < 1.29 is 4.74 Å². The fraction of sp³-hybridized carbons (Fsp3) is 0.0159. The number of nitrogens with zero attached hydrogens (tertiary/aromatic N) is 2. The normalized spacial score (nSPS) is 14.7. The first-order chi connectivity index (χ1) is 33.2. The molecule has 67 heavy (non-hydrogen) atoms. The highest BCUT2D eigenvalue weighted by atomic mass is 32.1. The number of para-hydroxylation sites is 2. The van der Waals surface area contributed by atoms with Crippen molar-refractivity contribution in [2.45, 2.75) is 5.41 Å². The highest BCUT2D eigenvalue weighted by Gasteiger charge is 2.49. The smallest absolute Gasteiger partial charge is 0.132 e. The number of hydrogen-bond donors (Lipinski definition) is 0. The summed E-state index contributed by atoms with van der Waals surface area (Å²) in [7, 11) is 0. The van der Waals surface area contributed by atoms with E-state index in [2.05, 4.69) is 240 Å². The average Bonchev–Trinajstić information content (AvgIpc) is 3.93. The van der Waals surface area contributed by atoms with Crippen LogP contribution in [-0.4, -0.2) is 4.57 Å². The van der Waals surface area contributed by atoms with Gasteiger partial charge >= 0.3 is 0 Å². The Hall–Kier alpha value is -8.44. The molecule has 0 amide bonds. The van der Waals surface area contributed by atoms with Crippen LogP contribution >= 0.6 is 11.3 Å². The van der Waals surface area contributed by atoms with E-state index >= 15 is 0 Å². The number of hydrogen-bond acceptors (Lipinski definition) is 3. The van der Waals surface area contributed by atoms with Gasteiger partial charge in [0.25, 0.3) is 0 Å². The lowest BCUT2D eigenvalue weighted by atomic mass is 9.58. The third kappa shape index (κ3) is 5.05. The lowest BCUT2D eigenvalue weighted by Gasteiger charge is -2.45. The first-order valence-electron chi connectivity index (χ1n) is 23.0. The van der Waals surface area contributed by atoms with Gasteiger partial charge in [0.1, 0.15) is 11.5 Å². The Morgan fingerprint density at radius 3 is 1.97 bits per heavy atom. The highest BCUT2D eigenvalue weighted by Crippen LogP contribution is 2.62. The maximum atomic E-state index is 7.01. The monoisotopic (exact) mass is 870 g/mol. The van der Waals surface area contributed by atoms with E-state index in [9.17, 15) is 0 Å². The minimum atomic E-state index is -0.671. The molecule has 1 spiro atoms. The van der Waals surface area contributed by atoms with Crippen LogP contribution in [0.4, 0.5) is 17.1 Å². The molecule has 3 heterocycles. The van der Waals surface area contributed by atoms with Gasteiger partial charge in [-0.15, -0.1) is 11.3 Å². The zero-order valence-electron chi connectivity index (χ0n) is 36.2. The van der Waals surface area contributed by atoms with E-state index in [0.717, 1.165) is 50.9 Å². The largest absolute Gasteiger partial charge is 0.457 e. The Labute approximate surface area is 390 Å². The SMILES string of the molecule is c1ccc2c(c1)Oc1ccc(N(c3ccc4c5ccccc5n(-c5ccc6sc7ccccc7c6c5)c4c3)c3cccc4ccccc34)cc1C21c2ccccc2-c2cccc3cccc1c23.